The number of carbonyl (C=O) groups excluding carboxylic acids is 1. The zero-order chi connectivity index (χ0) is 17.8. The van der Waals surface area contributed by atoms with E-state index in [1.54, 1.807) is 17.9 Å². The summed E-state index contributed by atoms with van der Waals surface area (Å²) in [7, 11) is 3.66. The van der Waals surface area contributed by atoms with Gasteiger partial charge in [-0.15, -0.1) is 0 Å². The average molecular weight is 341 g/mol. The molecule has 2 N–H and O–H groups in total. The molecule has 0 saturated carbocycles. The molecule has 1 aliphatic rings. The van der Waals surface area contributed by atoms with Gasteiger partial charge in [0.25, 0.3) is 0 Å². The molecule has 1 fully saturated rings. The number of amides is 1. The van der Waals surface area contributed by atoms with Crippen LogP contribution in [-0.2, 0) is 11.8 Å². The molecule has 3 rings (SSSR count). The zero-order valence-corrected chi connectivity index (χ0v) is 15.1. The lowest BCUT2D eigenvalue weighted by molar-refractivity contribution is -0.123. The Morgan fingerprint density at radius 2 is 2.04 bits per heavy atom. The van der Waals surface area contributed by atoms with Crippen LogP contribution in [0.5, 0.6) is 0 Å². The summed E-state index contributed by atoms with van der Waals surface area (Å²) in [5, 5.41) is 10.4. The zero-order valence-electron chi connectivity index (χ0n) is 15.1. The molecule has 25 heavy (non-hydrogen) atoms. The van der Waals surface area contributed by atoms with Gasteiger partial charge >= 0.3 is 0 Å². The Hall–Kier alpha value is -2.18. The lowest BCUT2D eigenvalue weighted by Gasteiger charge is -2.25. The van der Waals surface area contributed by atoms with E-state index in [1.807, 2.05) is 19.3 Å². The molecule has 0 radical (unpaired) electrons. The van der Waals surface area contributed by atoms with Crippen LogP contribution in [0.2, 0.25) is 0 Å². The highest BCUT2D eigenvalue weighted by molar-refractivity contribution is 5.83. The monoisotopic (exact) mass is 341 g/mol. The largest absolute Gasteiger partial charge is 0.350 e. The Morgan fingerprint density at radius 3 is 2.68 bits per heavy atom. The van der Waals surface area contributed by atoms with Crippen LogP contribution in [-0.4, -0.2) is 46.8 Å². The van der Waals surface area contributed by atoms with Crippen molar-refractivity contribution in [3.05, 3.63) is 53.9 Å². The van der Waals surface area contributed by atoms with E-state index in [4.69, 9.17) is 0 Å². The maximum absolute atomic E-state index is 12.7. The van der Waals surface area contributed by atoms with Crippen molar-refractivity contribution in [2.24, 2.45) is 7.05 Å². The van der Waals surface area contributed by atoms with E-state index in [1.165, 1.54) is 5.56 Å². The molecule has 2 aromatic rings. The number of hydrogen-bond donors (Lipinski definition) is 2. The van der Waals surface area contributed by atoms with Crippen LogP contribution in [0, 0.1) is 0 Å². The molecule has 1 amide bonds. The minimum Gasteiger partial charge on any atom is -0.350 e. The van der Waals surface area contributed by atoms with Crippen LogP contribution in [0.25, 0.3) is 0 Å². The smallest absolute Gasteiger partial charge is 0.242 e. The lowest BCUT2D eigenvalue weighted by Crippen LogP contribution is -2.43. The van der Waals surface area contributed by atoms with Gasteiger partial charge in [0.15, 0.2) is 0 Å². The number of nitrogens with zero attached hydrogens (tertiary/aromatic N) is 3. The maximum Gasteiger partial charge on any atom is 0.242 e. The third-order valence-electron chi connectivity index (χ3n) is 5.00. The van der Waals surface area contributed by atoms with E-state index in [0.29, 0.717) is 6.04 Å². The van der Waals surface area contributed by atoms with Gasteiger partial charge < -0.3 is 10.6 Å². The van der Waals surface area contributed by atoms with Crippen molar-refractivity contribution in [1.82, 2.24) is 25.3 Å². The predicted octanol–water partition coefficient (Wildman–Crippen LogP) is 1.63. The van der Waals surface area contributed by atoms with Gasteiger partial charge in [-0.1, -0.05) is 30.3 Å². The van der Waals surface area contributed by atoms with Crippen LogP contribution >= 0.6 is 0 Å². The van der Waals surface area contributed by atoms with E-state index >= 15 is 0 Å². The molecular weight excluding hydrogens is 314 g/mol. The summed E-state index contributed by atoms with van der Waals surface area (Å²) in [6, 6.07) is 10.7. The van der Waals surface area contributed by atoms with Gasteiger partial charge in [-0.25, -0.2) is 0 Å². The van der Waals surface area contributed by atoms with Crippen molar-refractivity contribution in [3.8, 4) is 0 Å². The van der Waals surface area contributed by atoms with Crippen molar-refractivity contribution in [3.63, 3.8) is 0 Å². The van der Waals surface area contributed by atoms with E-state index in [9.17, 15) is 4.79 Å². The summed E-state index contributed by atoms with van der Waals surface area (Å²) in [6.07, 6.45) is 4.59. The van der Waals surface area contributed by atoms with E-state index in [-0.39, 0.29) is 18.0 Å². The summed E-state index contributed by atoms with van der Waals surface area (Å²) in [5.74, 6) is 0.00899. The van der Waals surface area contributed by atoms with Crippen molar-refractivity contribution in [1.29, 1.82) is 0 Å². The molecule has 1 aromatic carbocycles. The Bertz CT molecular complexity index is 699. The quantitative estimate of drug-likeness (QED) is 0.838. The van der Waals surface area contributed by atoms with Gasteiger partial charge in [-0.05, 0) is 26.0 Å². The summed E-state index contributed by atoms with van der Waals surface area (Å²) in [4.78, 5) is 15.1. The van der Waals surface area contributed by atoms with Gasteiger partial charge in [0.1, 0.15) is 6.04 Å². The number of likely N-dealkylation sites (N-methyl/N-ethyl adjacent to an activating group) is 1. The number of rotatable bonds is 6. The molecule has 1 aromatic heterocycles. The second kappa shape index (κ2) is 7.80. The van der Waals surface area contributed by atoms with Crippen molar-refractivity contribution >= 4 is 5.91 Å². The maximum atomic E-state index is 12.7. The lowest BCUT2D eigenvalue weighted by atomic mass is 10.1. The third kappa shape index (κ3) is 4.08. The molecule has 0 spiro atoms. The molecule has 1 aliphatic heterocycles. The minimum absolute atomic E-state index is 0.00899. The first-order valence-corrected chi connectivity index (χ1v) is 8.83. The van der Waals surface area contributed by atoms with E-state index in [0.717, 1.165) is 25.1 Å². The topological polar surface area (TPSA) is 62.2 Å². The number of hydrogen-bond acceptors (Lipinski definition) is 4. The normalized spacial score (nSPS) is 20.4. The van der Waals surface area contributed by atoms with E-state index in [2.05, 4.69) is 51.8 Å². The Balaban J connectivity index is 1.58. The summed E-state index contributed by atoms with van der Waals surface area (Å²) in [6.45, 7) is 4.11. The Morgan fingerprint density at radius 1 is 1.28 bits per heavy atom. The number of nitrogens with one attached hydrogen (secondary N) is 2. The number of aryl methyl sites for hydroxylation is 1. The second-order valence-electron chi connectivity index (χ2n) is 6.74. The first-order valence-electron chi connectivity index (χ1n) is 8.83. The van der Waals surface area contributed by atoms with Crippen molar-refractivity contribution < 1.29 is 4.79 Å². The molecule has 3 unspecified atom stereocenters. The van der Waals surface area contributed by atoms with E-state index < -0.39 is 0 Å². The van der Waals surface area contributed by atoms with Gasteiger partial charge in [-0.3, -0.25) is 14.4 Å². The van der Waals surface area contributed by atoms with Crippen molar-refractivity contribution in [2.75, 3.05) is 20.1 Å². The fourth-order valence-corrected chi connectivity index (χ4v) is 3.52. The number of aromatic nitrogens is 2. The highest BCUT2D eigenvalue weighted by atomic mass is 16.2. The van der Waals surface area contributed by atoms with Crippen molar-refractivity contribution in [2.45, 2.75) is 31.5 Å². The third-order valence-corrected chi connectivity index (χ3v) is 5.00. The molecule has 0 aliphatic carbocycles. The van der Waals surface area contributed by atoms with Gasteiger partial charge in [-0.2, -0.15) is 5.10 Å². The summed E-state index contributed by atoms with van der Waals surface area (Å²) < 4.78 is 1.71. The molecule has 0 bridgehead atoms. The van der Waals surface area contributed by atoms with Crippen LogP contribution in [0.1, 0.15) is 36.6 Å². The summed E-state index contributed by atoms with van der Waals surface area (Å²) in [5.41, 5.74) is 2.20. The first kappa shape index (κ1) is 17.6. The molecule has 6 heteroatoms. The molecule has 6 nitrogen and oxygen atoms in total. The van der Waals surface area contributed by atoms with Gasteiger partial charge in [0.2, 0.25) is 5.91 Å². The van der Waals surface area contributed by atoms with Crippen LogP contribution in [0.15, 0.2) is 42.7 Å². The first-order chi connectivity index (χ1) is 12.1. The SMILES string of the molecule is CNC(C(=O)NC1CCN(C(C)c2ccccc2)C1)c1cnn(C)c1. The molecule has 3 atom stereocenters. The molecule has 2 heterocycles. The molecule has 134 valence electrons. The molecular formula is C19H27N5O. The van der Waals surface area contributed by atoms with Crippen LogP contribution in [0.3, 0.4) is 0 Å². The van der Waals surface area contributed by atoms with Crippen LogP contribution < -0.4 is 10.6 Å². The second-order valence-corrected chi connectivity index (χ2v) is 6.74. The summed E-state index contributed by atoms with van der Waals surface area (Å²) >= 11 is 0. The predicted molar refractivity (Wildman–Crippen MR) is 98.0 cm³/mol. The fraction of sp³-hybridized carbons (Fsp3) is 0.474. The Kier molecular flexibility index (Phi) is 5.50. The highest BCUT2D eigenvalue weighted by Gasteiger charge is 2.30. The van der Waals surface area contributed by atoms with Crippen LogP contribution in [0.4, 0.5) is 0 Å². The standard InChI is InChI=1S/C19H27N5O/c1-14(15-7-5-4-6-8-15)24-10-9-17(13-24)22-19(25)18(20-2)16-11-21-23(3)12-16/h4-8,11-12,14,17-18,20H,9-10,13H2,1-3H3,(H,22,25). The number of benzene rings is 1. The molecule has 1 saturated heterocycles. The number of likely N-dealkylation sites (tertiary alicyclic amines) is 1. The van der Waals surface area contributed by atoms with Gasteiger partial charge in [0, 0.05) is 44.0 Å². The fourth-order valence-electron chi connectivity index (χ4n) is 3.52. The minimum atomic E-state index is -0.366. The Labute approximate surface area is 149 Å². The highest BCUT2D eigenvalue weighted by Crippen LogP contribution is 2.24. The number of carbonyl (C=O) groups is 1. The average Bonchev–Trinajstić information content (AvgIpc) is 3.25. The van der Waals surface area contributed by atoms with Gasteiger partial charge in [0.05, 0.1) is 6.20 Å².